The topological polar surface area (TPSA) is 111 Å². The van der Waals surface area contributed by atoms with Crippen molar-refractivity contribution in [3.8, 4) is 5.75 Å². The van der Waals surface area contributed by atoms with Crippen LogP contribution in [0.1, 0.15) is 13.8 Å². The van der Waals surface area contributed by atoms with Crippen LogP contribution in [-0.4, -0.2) is 31.2 Å². The van der Waals surface area contributed by atoms with Crippen LogP contribution in [-0.2, 0) is 14.8 Å². The number of nitrogens with zero attached hydrogens (tertiary/aromatic N) is 1. The Morgan fingerprint density at radius 3 is 2.64 bits per heavy atom. The third-order valence-corrected chi connectivity index (χ3v) is 6.89. The number of nitrogens with one attached hydrogen (secondary N) is 1. The molecule has 0 aliphatic heterocycles. The highest BCUT2D eigenvalue weighted by Crippen LogP contribution is 2.34. The van der Waals surface area contributed by atoms with Crippen molar-refractivity contribution in [2.45, 2.75) is 28.3 Å². The zero-order valence-corrected chi connectivity index (χ0v) is 17.7. The van der Waals surface area contributed by atoms with Crippen molar-refractivity contribution < 1.29 is 17.9 Å². The van der Waals surface area contributed by atoms with Crippen LogP contribution in [0.3, 0.4) is 0 Å². The number of hydrogen-bond acceptors (Lipinski definition) is 7. The second-order valence-corrected chi connectivity index (χ2v) is 10.0. The number of carbonyl (C=O) groups is 1. The molecular formula is C18H19N3O4S3. The maximum atomic E-state index is 12.4. The first-order valence-electron chi connectivity index (χ1n) is 8.40. The fourth-order valence-corrected chi connectivity index (χ4v) is 5.12. The predicted molar refractivity (Wildman–Crippen MR) is 113 cm³/mol. The molecule has 3 aromatic rings. The van der Waals surface area contributed by atoms with Gasteiger partial charge in [-0.3, -0.25) is 4.79 Å². The molecule has 10 heteroatoms. The van der Waals surface area contributed by atoms with Gasteiger partial charge >= 0.3 is 0 Å². The van der Waals surface area contributed by atoms with E-state index in [1.807, 2.05) is 25.1 Å². The van der Waals surface area contributed by atoms with E-state index in [-0.39, 0.29) is 16.1 Å². The van der Waals surface area contributed by atoms with E-state index < -0.39 is 10.0 Å². The standard InChI is InChI=1S/C18H19N3O4S3/c1-3-25-13-6-9-15-16(10-13)27-18(21-15)26-11(2)17(22)20-12-4-7-14(8-5-12)28(19,23)24/h4-11H,3H2,1-2H3,(H,20,22)(H2,19,23,24)/t11-/m0/s1. The number of carbonyl (C=O) groups excluding carboxylic acids is 1. The number of aromatic nitrogens is 1. The highest BCUT2D eigenvalue weighted by atomic mass is 32.2. The summed E-state index contributed by atoms with van der Waals surface area (Å²) in [7, 11) is -3.76. The van der Waals surface area contributed by atoms with E-state index in [0.717, 1.165) is 20.3 Å². The van der Waals surface area contributed by atoms with E-state index in [0.29, 0.717) is 12.3 Å². The molecule has 0 aliphatic rings. The molecule has 3 N–H and O–H groups in total. The summed E-state index contributed by atoms with van der Waals surface area (Å²) in [6, 6.07) is 11.4. The fourth-order valence-electron chi connectivity index (χ4n) is 2.37. The van der Waals surface area contributed by atoms with Crippen LogP contribution in [0.25, 0.3) is 10.2 Å². The van der Waals surface area contributed by atoms with Crippen LogP contribution in [0, 0.1) is 0 Å². The molecule has 0 bridgehead atoms. The van der Waals surface area contributed by atoms with Gasteiger partial charge in [-0.15, -0.1) is 11.3 Å². The summed E-state index contributed by atoms with van der Waals surface area (Å²) >= 11 is 2.87. The van der Waals surface area contributed by atoms with Gasteiger partial charge in [0.1, 0.15) is 5.75 Å². The number of rotatable bonds is 7. The third kappa shape index (κ3) is 5.02. The molecular weight excluding hydrogens is 418 g/mol. The first kappa shape index (κ1) is 20.6. The molecule has 1 atom stereocenters. The number of thioether (sulfide) groups is 1. The molecule has 3 rings (SSSR count). The Bertz CT molecular complexity index is 1090. The number of thiazole rings is 1. The normalized spacial score (nSPS) is 12.7. The minimum absolute atomic E-state index is 0.00572. The zero-order chi connectivity index (χ0) is 20.3. The van der Waals surface area contributed by atoms with Gasteiger partial charge in [-0.25, -0.2) is 18.5 Å². The van der Waals surface area contributed by atoms with Crippen LogP contribution >= 0.6 is 23.1 Å². The maximum absolute atomic E-state index is 12.4. The van der Waals surface area contributed by atoms with Gasteiger partial charge in [-0.05, 0) is 56.3 Å². The Labute approximate surface area is 171 Å². The molecule has 1 amide bonds. The molecule has 0 saturated heterocycles. The Kier molecular flexibility index (Phi) is 6.23. The van der Waals surface area contributed by atoms with Crippen molar-refractivity contribution in [1.29, 1.82) is 0 Å². The second kappa shape index (κ2) is 8.48. The van der Waals surface area contributed by atoms with Crippen molar-refractivity contribution in [2.24, 2.45) is 5.14 Å². The number of sulfonamides is 1. The highest BCUT2D eigenvalue weighted by molar-refractivity contribution is 8.02. The van der Waals surface area contributed by atoms with Crippen molar-refractivity contribution in [2.75, 3.05) is 11.9 Å². The van der Waals surface area contributed by atoms with Gasteiger partial charge in [0.2, 0.25) is 15.9 Å². The molecule has 7 nitrogen and oxygen atoms in total. The molecule has 148 valence electrons. The number of fused-ring (bicyclic) bond motifs is 1. The van der Waals surface area contributed by atoms with Gasteiger partial charge in [-0.2, -0.15) is 0 Å². The van der Waals surface area contributed by atoms with E-state index in [1.165, 1.54) is 47.4 Å². The largest absolute Gasteiger partial charge is 0.494 e. The van der Waals surface area contributed by atoms with Gasteiger partial charge in [0, 0.05) is 5.69 Å². The van der Waals surface area contributed by atoms with Crippen LogP contribution in [0.2, 0.25) is 0 Å². The molecule has 0 fully saturated rings. The summed E-state index contributed by atoms with van der Waals surface area (Å²) in [4.78, 5) is 17.0. The summed E-state index contributed by atoms with van der Waals surface area (Å²) in [6.45, 7) is 4.32. The number of primary sulfonamides is 1. The van der Waals surface area contributed by atoms with Gasteiger partial charge < -0.3 is 10.1 Å². The van der Waals surface area contributed by atoms with Crippen molar-refractivity contribution >= 4 is 54.9 Å². The molecule has 28 heavy (non-hydrogen) atoms. The van der Waals surface area contributed by atoms with Gasteiger partial charge in [0.15, 0.2) is 4.34 Å². The molecule has 0 spiro atoms. The summed E-state index contributed by atoms with van der Waals surface area (Å²) in [5.74, 6) is 0.589. The highest BCUT2D eigenvalue weighted by Gasteiger charge is 2.18. The van der Waals surface area contributed by atoms with Gasteiger partial charge in [0.25, 0.3) is 0 Å². The van der Waals surface area contributed by atoms with E-state index >= 15 is 0 Å². The summed E-state index contributed by atoms with van der Waals surface area (Å²) in [6.07, 6.45) is 0. The second-order valence-electron chi connectivity index (χ2n) is 5.86. The summed E-state index contributed by atoms with van der Waals surface area (Å²) < 4.78 is 29.9. The average molecular weight is 438 g/mol. The van der Waals surface area contributed by atoms with E-state index in [9.17, 15) is 13.2 Å². The number of benzene rings is 2. The lowest BCUT2D eigenvalue weighted by molar-refractivity contribution is -0.115. The minimum Gasteiger partial charge on any atom is -0.494 e. The van der Waals surface area contributed by atoms with Crippen LogP contribution < -0.4 is 15.2 Å². The van der Waals surface area contributed by atoms with Crippen LogP contribution in [0.4, 0.5) is 5.69 Å². The predicted octanol–water partition coefficient (Wildman–Crippen LogP) is 3.46. The number of ether oxygens (including phenoxy) is 1. The SMILES string of the molecule is CCOc1ccc2nc(S[C@@H](C)C(=O)Nc3ccc(S(N)(=O)=O)cc3)sc2c1. The minimum atomic E-state index is -3.76. The Balaban J connectivity index is 1.66. The van der Waals surface area contributed by atoms with Crippen LogP contribution in [0.15, 0.2) is 51.7 Å². The van der Waals surface area contributed by atoms with Crippen molar-refractivity contribution in [3.63, 3.8) is 0 Å². The quantitative estimate of drug-likeness (QED) is 0.548. The number of nitrogens with two attached hydrogens (primary N) is 1. The van der Waals surface area contributed by atoms with E-state index in [2.05, 4.69) is 10.3 Å². The lowest BCUT2D eigenvalue weighted by Crippen LogP contribution is -2.22. The monoisotopic (exact) mass is 437 g/mol. The Morgan fingerprint density at radius 1 is 1.29 bits per heavy atom. The molecule has 0 saturated carbocycles. The van der Waals surface area contributed by atoms with Gasteiger partial charge in [-0.1, -0.05) is 11.8 Å². The Morgan fingerprint density at radius 2 is 2.00 bits per heavy atom. The molecule has 1 aromatic heterocycles. The van der Waals surface area contributed by atoms with E-state index in [4.69, 9.17) is 9.88 Å². The lowest BCUT2D eigenvalue weighted by Gasteiger charge is -2.10. The van der Waals surface area contributed by atoms with Gasteiger partial charge in [0.05, 0.1) is 27.0 Å². The lowest BCUT2D eigenvalue weighted by atomic mass is 10.3. The number of anilines is 1. The maximum Gasteiger partial charge on any atom is 0.238 e. The van der Waals surface area contributed by atoms with Crippen molar-refractivity contribution in [1.82, 2.24) is 4.98 Å². The molecule has 0 radical (unpaired) electrons. The first-order chi connectivity index (χ1) is 13.3. The fraction of sp³-hybridized carbons (Fsp3) is 0.222. The number of hydrogen-bond donors (Lipinski definition) is 2. The molecule has 2 aromatic carbocycles. The summed E-state index contributed by atoms with van der Waals surface area (Å²) in [5.41, 5.74) is 1.36. The van der Waals surface area contributed by atoms with Crippen molar-refractivity contribution in [3.05, 3.63) is 42.5 Å². The molecule has 0 unspecified atom stereocenters. The third-order valence-electron chi connectivity index (χ3n) is 3.75. The number of amides is 1. The first-order valence-corrected chi connectivity index (χ1v) is 11.6. The summed E-state index contributed by atoms with van der Waals surface area (Å²) in [5, 5.41) is 7.45. The molecule has 1 heterocycles. The molecule has 0 aliphatic carbocycles. The van der Waals surface area contributed by atoms with Crippen LogP contribution in [0.5, 0.6) is 5.75 Å². The smallest absolute Gasteiger partial charge is 0.238 e. The zero-order valence-electron chi connectivity index (χ0n) is 15.2. The Hall–Kier alpha value is -2.14. The van der Waals surface area contributed by atoms with E-state index in [1.54, 1.807) is 6.92 Å². The average Bonchev–Trinajstić information content (AvgIpc) is 3.03.